The van der Waals surface area contributed by atoms with E-state index in [4.69, 9.17) is 40.9 Å². The predicted octanol–water partition coefficient (Wildman–Crippen LogP) is 6.61. The molecule has 0 aliphatic carbocycles. The Morgan fingerprint density at radius 1 is 0.380 bits per heavy atom. The van der Waals surface area contributed by atoms with Crippen molar-refractivity contribution in [3.8, 4) is 23.0 Å². The number of carbonyl (C=O) groups is 4. The minimum absolute atomic E-state index is 0. The monoisotopic (exact) mass is 790 g/mol. The van der Waals surface area contributed by atoms with E-state index in [0.717, 1.165) is 47.9 Å². The minimum atomic E-state index is -1.09. The molecule has 0 spiro atoms. The van der Waals surface area contributed by atoms with E-state index in [0.29, 0.717) is 0 Å². The summed E-state index contributed by atoms with van der Waals surface area (Å²) >= 11 is 0. The summed E-state index contributed by atoms with van der Waals surface area (Å²) in [5.74, 6) is -5.10. The Morgan fingerprint density at radius 2 is 0.540 bits per heavy atom. The SMILES string of the molecule is CCc1ccc(O)c(C(=O)O)c1.CCc1ccc(O)c(C(=O)O)c1.CCc1ccc(O)c(C(=O)O)c1.CCc1ccc(O)c(C(=O)O)c1.[Cu].[Cu]. The second-order valence-electron chi connectivity index (χ2n) is 10.0. The number of benzene rings is 4. The Morgan fingerprint density at radius 3 is 0.660 bits per heavy atom. The fourth-order valence-electron chi connectivity index (χ4n) is 3.90. The van der Waals surface area contributed by atoms with Crippen LogP contribution in [0.3, 0.4) is 0 Å². The van der Waals surface area contributed by atoms with Gasteiger partial charge in [0.2, 0.25) is 0 Å². The van der Waals surface area contributed by atoms with Gasteiger partial charge in [-0.15, -0.1) is 0 Å². The van der Waals surface area contributed by atoms with Gasteiger partial charge in [-0.2, -0.15) is 0 Å². The number of aromatic carboxylic acids is 4. The van der Waals surface area contributed by atoms with Crippen molar-refractivity contribution < 1.29 is 94.2 Å². The first-order valence-corrected chi connectivity index (χ1v) is 14.8. The van der Waals surface area contributed by atoms with Gasteiger partial charge in [-0.05, 0) is 96.5 Å². The van der Waals surface area contributed by atoms with E-state index in [9.17, 15) is 19.2 Å². The molecule has 4 aromatic carbocycles. The third kappa shape index (κ3) is 15.0. The Labute approximate surface area is 310 Å². The van der Waals surface area contributed by atoms with Crippen molar-refractivity contribution in [1.82, 2.24) is 0 Å². The van der Waals surface area contributed by atoms with Crippen LogP contribution in [0.25, 0.3) is 0 Å². The van der Waals surface area contributed by atoms with Crippen LogP contribution >= 0.6 is 0 Å². The first-order valence-electron chi connectivity index (χ1n) is 14.8. The number of rotatable bonds is 8. The van der Waals surface area contributed by atoms with Crippen molar-refractivity contribution in [1.29, 1.82) is 0 Å². The van der Waals surface area contributed by atoms with Crippen LogP contribution < -0.4 is 0 Å². The average Bonchev–Trinajstić information content (AvgIpc) is 3.06. The normalized spacial score (nSPS) is 9.36. The minimum Gasteiger partial charge on any atom is -0.507 e. The van der Waals surface area contributed by atoms with E-state index in [1.807, 2.05) is 27.7 Å². The summed E-state index contributed by atoms with van der Waals surface area (Å²) in [6.07, 6.45) is 3.06. The summed E-state index contributed by atoms with van der Waals surface area (Å²) in [7, 11) is 0. The number of aromatic hydroxyl groups is 4. The average molecular weight is 792 g/mol. The molecule has 0 fully saturated rings. The first kappa shape index (κ1) is 47.1. The van der Waals surface area contributed by atoms with Gasteiger partial charge in [0.15, 0.2) is 0 Å². The van der Waals surface area contributed by atoms with Crippen LogP contribution in [-0.4, -0.2) is 64.7 Å². The van der Waals surface area contributed by atoms with Crippen molar-refractivity contribution in [3.05, 3.63) is 117 Å². The van der Waals surface area contributed by atoms with Crippen LogP contribution in [0.4, 0.5) is 0 Å². The quantitative estimate of drug-likeness (QED) is 0.0882. The van der Waals surface area contributed by atoms with Crippen LogP contribution in [0, 0.1) is 0 Å². The molecule has 14 heteroatoms. The zero-order chi connectivity index (χ0) is 36.6. The summed E-state index contributed by atoms with van der Waals surface area (Å²) in [5.41, 5.74) is 3.50. The van der Waals surface area contributed by atoms with Crippen molar-refractivity contribution in [2.75, 3.05) is 0 Å². The Balaban J connectivity index is 0. The van der Waals surface area contributed by atoms with Gasteiger partial charge in [0.1, 0.15) is 45.3 Å². The summed E-state index contributed by atoms with van der Waals surface area (Å²) in [6, 6.07) is 18.4. The van der Waals surface area contributed by atoms with Crippen LogP contribution in [-0.2, 0) is 59.8 Å². The summed E-state index contributed by atoms with van der Waals surface area (Å²) in [6.45, 7) is 7.71. The van der Waals surface area contributed by atoms with Crippen molar-refractivity contribution in [2.24, 2.45) is 0 Å². The van der Waals surface area contributed by atoms with Crippen molar-refractivity contribution in [2.45, 2.75) is 53.4 Å². The van der Waals surface area contributed by atoms with Gasteiger partial charge in [0.05, 0.1) is 0 Å². The van der Waals surface area contributed by atoms with E-state index in [1.54, 1.807) is 24.3 Å². The molecule has 0 aromatic heterocycles. The molecule has 2 radical (unpaired) electrons. The molecule has 0 saturated carbocycles. The number of aryl methyl sites for hydroxylation is 4. The van der Waals surface area contributed by atoms with Crippen LogP contribution in [0.15, 0.2) is 72.8 Å². The molecule has 8 N–H and O–H groups in total. The molecule has 0 aliphatic heterocycles. The van der Waals surface area contributed by atoms with Crippen LogP contribution in [0.2, 0.25) is 0 Å². The molecule has 4 aromatic rings. The molecule has 0 heterocycles. The molecule has 0 atom stereocenters. The largest absolute Gasteiger partial charge is 0.507 e. The van der Waals surface area contributed by atoms with Crippen molar-refractivity contribution >= 4 is 23.9 Å². The molecule has 0 bridgehead atoms. The molecular formula is C36H40Cu2O12. The maximum atomic E-state index is 10.5. The zero-order valence-corrected chi connectivity index (χ0v) is 29.5. The molecule has 12 nitrogen and oxygen atoms in total. The third-order valence-corrected chi connectivity index (χ3v) is 6.80. The molecule has 0 saturated heterocycles. The maximum Gasteiger partial charge on any atom is 0.339 e. The number of hydrogen-bond donors (Lipinski definition) is 8. The van der Waals surface area contributed by atoms with Gasteiger partial charge in [-0.1, -0.05) is 52.0 Å². The molecule has 4 rings (SSSR count). The van der Waals surface area contributed by atoms with E-state index >= 15 is 0 Å². The number of carboxylic acid groups (broad SMARTS) is 4. The van der Waals surface area contributed by atoms with Gasteiger partial charge in [0, 0.05) is 34.1 Å². The van der Waals surface area contributed by atoms with Gasteiger partial charge in [-0.3, -0.25) is 0 Å². The topological polar surface area (TPSA) is 230 Å². The maximum absolute atomic E-state index is 10.5. The van der Waals surface area contributed by atoms with Gasteiger partial charge in [-0.25, -0.2) is 19.2 Å². The second kappa shape index (κ2) is 23.4. The summed E-state index contributed by atoms with van der Waals surface area (Å²) in [5, 5.41) is 71.0. The molecule has 0 aliphatic rings. The van der Waals surface area contributed by atoms with Crippen LogP contribution in [0.5, 0.6) is 23.0 Å². The second-order valence-corrected chi connectivity index (χ2v) is 10.0. The third-order valence-electron chi connectivity index (χ3n) is 6.80. The van der Waals surface area contributed by atoms with Gasteiger partial charge >= 0.3 is 23.9 Å². The van der Waals surface area contributed by atoms with Gasteiger partial charge in [0.25, 0.3) is 0 Å². The Bertz CT molecular complexity index is 1480. The smallest absolute Gasteiger partial charge is 0.339 e. The summed E-state index contributed by atoms with van der Waals surface area (Å²) in [4.78, 5) is 42.1. The Kier molecular flexibility index (Phi) is 22.0. The fourth-order valence-corrected chi connectivity index (χ4v) is 3.90. The van der Waals surface area contributed by atoms with Crippen molar-refractivity contribution in [3.63, 3.8) is 0 Å². The molecular weight excluding hydrogens is 751 g/mol. The van der Waals surface area contributed by atoms with E-state index in [2.05, 4.69) is 0 Å². The number of carboxylic acids is 4. The van der Waals surface area contributed by atoms with E-state index < -0.39 is 23.9 Å². The molecule has 278 valence electrons. The van der Waals surface area contributed by atoms with Crippen LogP contribution in [0.1, 0.15) is 91.4 Å². The number of hydrogen-bond acceptors (Lipinski definition) is 8. The van der Waals surface area contributed by atoms with E-state index in [-0.39, 0.29) is 79.4 Å². The predicted molar refractivity (Wildman–Crippen MR) is 178 cm³/mol. The molecule has 50 heavy (non-hydrogen) atoms. The van der Waals surface area contributed by atoms with Gasteiger partial charge < -0.3 is 40.9 Å². The summed E-state index contributed by atoms with van der Waals surface area (Å²) < 4.78 is 0. The standard InChI is InChI=1S/4C9H10O3.2Cu/c4*1-2-6-3-4-8(10)7(5-6)9(11)12;;/h4*3-5,10H,2H2,1H3,(H,11,12);;. The zero-order valence-electron chi connectivity index (χ0n) is 27.6. The fraction of sp³-hybridized carbons (Fsp3) is 0.222. The van der Waals surface area contributed by atoms with E-state index in [1.165, 1.54) is 48.5 Å². The molecule has 0 unspecified atom stereocenters. The Hall–Kier alpha value is -5.00. The number of phenols is 4. The molecule has 0 amide bonds. The first-order chi connectivity index (χ1) is 22.6.